The Morgan fingerprint density at radius 2 is 1.76 bits per heavy atom. The number of amidine groups is 1. The number of phenolic OH excluding ortho intramolecular Hbond substituents is 1. The normalized spacial score (nSPS) is 11.6. The van der Waals surface area contributed by atoms with Gasteiger partial charge in [-0.2, -0.15) is 0 Å². The Morgan fingerprint density at radius 3 is 2.48 bits per heavy atom. The van der Waals surface area contributed by atoms with E-state index in [0.717, 1.165) is 0 Å². The fourth-order valence-corrected chi connectivity index (χ4v) is 3.67. The first-order valence-corrected chi connectivity index (χ1v) is 10.1. The van der Waals surface area contributed by atoms with Gasteiger partial charge in [-0.25, -0.2) is 18.5 Å². The summed E-state index contributed by atoms with van der Waals surface area (Å²) in [6.45, 7) is 0. The standard InChI is InChI=1S/C20H17N5O3S/c21-19(22)12-7-8-16-17(10-12)25-20(24-16)15-6-2-5-14(18(15)26)11-3-1-4-13(9-11)29(23,27)28/h1-10,26H,(H3,21,22)(H,24,25)(H2,23,27,28). The van der Waals surface area contributed by atoms with Gasteiger partial charge in [0.1, 0.15) is 17.4 Å². The van der Waals surface area contributed by atoms with Crippen molar-refractivity contribution in [3.63, 3.8) is 0 Å². The van der Waals surface area contributed by atoms with Gasteiger partial charge in [-0.3, -0.25) is 5.41 Å². The molecule has 0 unspecified atom stereocenters. The molecule has 4 rings (SSSR count). The van der Waals surface area contributed by atoms with Crippen molar-refractivity contribution in [2.75, 3.05) is 0 Å². The molecule has 0 bridgehead atoms. The molecule has 0 radical (unpaired) electrons. The van der Waals surface area contributed by atoms with Crippen LogP contribution in [0.15, 0.2) is 65.6 Å². The summed E-state index contributed by atoms with van der Waals surface area (Å²) < 4.78 is 23.3. The van der Waals surface area contributed by atoms with Gasteiger partial charge in [-0.15, -0.1) is 0 Å². The van der Waals surface area contributed by atoms with E-state index in [9.17, 15) is 13.5 Å². The molecule has 1 heterocycles. The van der Waals surface area contributed by atoms with Crippen LogP contribution in [0.1, 0.15) is 5.56 Å². The lowest BCUT2D eigenvalue weighted by molar-refractivity contribution is 0.479. The number of hydrogen-bond acceptors (Lipinski definition) is 5. The van der Waals surface area contributed by atoms with Gasteiger partial charge in [0.15, 0.2) is 0 Å². The number of nitrogens with two attached hydrogens (primary N) is 2. The minimum absolute atomic E-state index is 0.0414. The second-order valence-electron chi connectivity index (χ2n) is 6.51. The molecule has 0 aliphatic carbocycles. The number of aromatic hydroxyl groups is 1. The molecule has 1 aromatic heterocycles. The van der Waals surface area contributed by atoms with Crippen molar-refractivity contribution in [1.29, 1.82) is 5.41 Å². The number of aromatic nitrogens is 2. The molecular formula is C20H17N5O3S. The average molecular weight is 407 g/mol. The molecule has 0 saturated heterocycles. The first-order valence-electron chi connectivity index (χ1n) is 8.54. The number of nitrogens with zero attached hydrogens (tertiary/aromatic N) is 1. The SMILES string of the molecule is N=C(N)c1ccc2nc(-c3cccc(-c4cccc(S(N)(=O)=O)c4)c3O)[nH]c2c1. The zero-order valence-electron chi connectivity index (χ0n) is 15.0. The van der Waals surface area contributed by atoms with Gasteiger partial charge in [0.05, 0.1) is 21.5 Å². The van der Waals surface area contributed by atoms with Gasteiger partial charge in [0, 0.05) is 11.1 Å². The van der Waals surface area contributed by atoms with Crippen LogP contribution in [0, 0.1) is 5.41 Å². The Bertz CT molecular complexity index is 1380. The smallest absolute Gasteiger partial charge is 0.238 e. The molecule has 0 spiro atoms. The number of nitrogens with one attached hydrogen (secondary N) is 2. The van der Waals surface area contributed by atoms with Gasteiger partial charge < -0.3 is 15.8 Å². The number of nitrogen functional groups attached to an aromatic ring is 1. The number of primary sulfonamides is 1. The van der Waals surface area contributed by atoms with E-state index < -0.39 is 10.0 Å². The van der Waals surface area contributed by atoms with Crippen molar-refractivity contribution in [3.8, 4) is 28.3 Å². The number of para-hydroxylation sites is 1. The molecule has 0 atom stereocenters. The lowest BCUT2D eigenvalue weighted by atomic mass is 10.0. The monoisotopic (exact) mass is 407 g/mol. The van der Waals surface area contributed by atoms with Gasteiger partial charge >= 0.3 is 0 Å². The molecule has 9 heteroatoms. The van der Waals surface area contributed by atoms with E-state index in [1.807, 2.05) is 0 Å². The number of H-pyrrole nitrogens is 1. The third-order valence-corrected chi connectivity index (χ3v) is 5.47. The van der Waals surface area contributed by atoms with E-state index in [4.69, 9.17) is 16.3 Å². The number of imidazole rings is 1. The summed E-state index contributed by atoms with van der Waals surface area (Å²) in [4.78, 5) is 7.57. The average Bonchev–Trinajstić information content (AvgIpc) is 3.10. The Kier molecular flexibility index (Phi) is 4.33. The van der Waals surface area contributed by atoms with Crippen LogP contribution in [-0.2, 0) is 10.0 Å². The summed E-state index contributed by atoms with van der Waals surface area (Å²) in [5.41, 5.74) is 8.82. The predicted molar refractivity (Wildman–Crippen MR) is 111 cm³/mol. The van der Waals surface area contributed by atoms with Crippen molar-refractivity contribution >= 4 is 26.9 Å². The highest BCUT2D eigenvalue weighted by Crippen LogP contribution is 2.38. The van der Waals surface area contributed by atoms with Crippen molar-refractivity contribution in [1.82, 2.24) is 9.97 Å². The third-order valence-electron chi connectivity index (χ3n) is 4.56. The maximum atomic E-state index is 11.6. The molecule has 0 fully saturated rings. The predicted octanol–water partition coefficient (Wildman–Crippen LogP) is 2.53. The van der Waals surface area contributed by atoms with Crippen molar-refractivity contribution in [2.45, 2.75) is 4.90 Å². The second kappa shape index (κ2) is 6.73. The maximum absolute atomic E-state index is 11.6. The van der Waals surface area contributed by atoms with Crippen molar-refractivity contribution in [2.24, 2.45) is 10.9 Å². The van der Waals surface area contributed by atoms with Crippen LogP contribution in [0.3, 0.4) is 0 Å². The molecule has 7 N–H and O–H groups in total. The molecule has 146 valence electrons. The highest BCUT2D eigenvalue weighted by atomic mass is 32.2. The quantitative estimate of drug-likeness (QED) is 0.259. The molecular weight excluding hydrogens is 390 g/mol. The van der Waals surface area contributed by atoms with Crippen LogP contribution in [0.2, 0.25) is 0 Å². The van der Waals surface area contributed by atoms with E-state index in [1.165, 1.54) is 12.1 Å². The fourth-order valence-electron chi connectivity index (χ4n) is 3.11. The van der Waals surface area contributed by atoms with Gasteiger partial charge in [-0.1, -0.05) is 24.3 Å². The van der Waals surface area contributed by atoms with Crippen LogP contribution in [-0.4, -0.2) is 29.3 Å². The van der Waals surface area contributed by atoms with Crippen molar-refractivity contribution in [3.05, 3.63) is 66.2 Å². The summed E-state index contributed by atoms with van der Waals surface area (Å²) in [7, 11) is -3.86. The van der Waals surface area contributed by atoms with E-state index in [0.29, 0.717) is 39.1 Å². The fraction of sp³-hybridized carbons (Fsp3) is 0. The highest BCUT2D eigenvalue weighted by molar-refractivity contribution is 7.89. The summed E-state index contributed by atoms with van der Waals surface area (Å²) in [5, 5.41) is 23.6. The molecule has 0 aliphatic rings. The second-order valence-corrected chi connectivity index (χ2v) is 8.07. The Labute approximate surface area is 166 Å². The molecule has 0 amide bonds. The highest BCUT2D eigenvalue weighted by Gasteiger charge is 2.16. The summed E-state index contributed by atoms with van der Waals surface area (Å²) in [6, 6.07) is 16.3. The van der Waals surface area contributed by atoms with E-state index in [-0.39, 0.29) is 16.5 Å². The van der Waals surface area contributed by atoms with Crippen LogP contribution >= 0.6 is 0 Å². The lowest BCUT2D eigenvalue weighted by Crippen LogP contribution is -2.11. The van der Waals surface area contributed by atoms with Gasteiger partial charge in [-0.05, 0) is 42.0 Å². The van der Waals surface area contributed by atoms with Gasteiger partial charge in [0.25, 0.3) is 0 Å². The van der Waals surface area contributed by atoms with Crippen LogP contribution < -0.4 is 10.9 Å². The number of rotatable bonds is 4. The first-order chi connectivity index (χ1) is 13.7. The number of aromatic amines is 1. The summed E-state index contributed by atoms with van der Waals surface area (Å²) in [6.07, 6.45) is 0. The number of hydrogen-bond donors (Lipinski definition) is 5. The number of sulfonamides is 1. The molecule has 4 aromatic rings. The lowest BCUT2D eigenvalue weighted by Gasteiger charge is -2.09. The Morgan fingerprint density at radius 1 is 1.03 bits per heavy atom. The zero-order chi connectivity index (χ0) is 20.8. The summed E-state index contributed by atoms with van der Waals surface area (Å²) >= 11 is 0. The molecule has 3 aromatic carbocycles. The summed E-state index contributed by atoms with van der Waals surface area (Å²) in [5.74, 6) is 0.329. The van der Waals surface area contributed by atoms with Crippen molar-refractivity contribution < 1.29 is 13.5 Å². The van der Waals surface area contributed by atoms with Crippen LogP contribution in [0.4, 0.5) is 0 Å². The largest absolute Gasteiger partial charge is 0.507 e. The minimum atomic E-state index is -3.86. The molecule has 8 nitrogen and oxygen atoms in total. The molecule has 0 aliphatic heterocycles. The number of benzene rings is 3. The van der Waals surface area contributed by atoms with Gasteiger partial charge in [0.2, 0.25) is 10.0 Å². The zero-order valence-corrected chi connectivity index (χ0v) is 15.9. The number of phenols is 1. The van der Waals surface area contributed by atoms with E-state index in [1.54, 1.807) is 48.5 Å². The van der Waals surface area contributed by atoms with E-state index in [2.05, 4.69) is 9.97 Å². The number of fused-ring (bicyclic) bond motifs is 1. The Hall–Kier alpha value is -3.69. The van der Waals surface area contributed by atoms with Crippen LogP contribution in [0.25, 0.3) is 33.5 Å². The third kappa shape index (κ3) is 3.44. The van der Waals surface area contributed by atoms with Crippen LogP contribution in [0.5, 0.6) is 5.75 Å². The Balaban J connectivity index is 1.84. The molecule has 29 heavy (non-hydrogen) atoms. The molecule has 0 saturated carbocycles. The first kappa shape index (κ1) is 18.7. The topological polar surface area (TPSA) is 159 Å². The maximum Gasteiger partial charge on any atom is 0.238 e. The van der Waals surface area contributed by atoms with E-state index >= 15 is 0 Å². The minimum Gasteiger partial charge on any atom is -0.507 e.